The van der Waals surface area contributed by atoms with Crippen LogP contribution in [0.2, 0.25) is 10.0 Å². The largest absolute Gasteiger partial charge is 0.507 e. The van der Waals surface area contributed by atoms with E-state index < -0.39 is 23.2 Å². The molecule has 3 nitrogen and oxygen atoms in total. The Hall–Kier alpha value is -1.66. The molecule has 0 saturated carbocycles. The summed E-state index contributed by atoms with van der Waals surface area (Å²) in [6.45, 7) is 0. The summed E-state index contributed by atoms with van der Waals surface area (Å²) in [5.41, 5.74) is -2.78. The third-order valence-corrected chi connectivity index (χ3v) is 3.36. The van der Waals surface area contributed by atoms with Gasteiger partial charge in [0.1, 0.15) is 11.4 Å². The molecule has 0 amide bonds. The zero-order chi connectivity index (χ0) is 15.1. The smallest absolute Gasteiger partial charge is 0.431 e. The second-order valence-corrected chi connectivity index (χ2v) is 4.66. The summed E-state index contributed by atoms with van der Waals surface area (Å²) in [6, 6.07) is 4.70. The molecule has 0 aliphatic heterocycles. The summed E-state index contributed by atoms with van der Waals surface area (Å²) in [6.07, 6.45) is -4.77. The molecule has 0 bridgehead atoms. The maximum Gasteiger partial charge on any atom is 0.431 e. The first-order chi connectivity index (χ1) is 9.21. The van der Waals surface area contributed by atoms with Crippen molar-refractivity contribution in [3.63, 3.8) is 0 Å². The minimum Gasteiger partial charge on any atom is -0.507 e. The van der Waals surface area contributed by atoms with E-state index in [2.05, 4.69) is 0 Å². The van der Waals surface area contributed by atoms with Gasteiger partial charge in [0.15, 0.2) is 0 Å². The van der Waals surface area contributed by atoms with Crippen LogP contribution < -0.4 is 5.56 Å². The van der Waals surface area contributed by atoms with Crippen LogP contribution in [0.1, 0.15) is 5.69 Å². The van der Waals surface area contributed by atoms with E-state index in [0.29, 0.717) is 6.07 Å². The summed E-state index contributed by atoms with van der Waals surface area (Å²) >= 11 is 11.6. The van der Waals surface area contributed by atoms with E-state index in [1.165, 1.54) is 18.2 Å². The quantitative estimate of drug-likeness (QED) is 0.831. The van der Waals surface area contributed by atoms with Gasteiger partial charge in [0.25, 0.3) is 5.56 Å². The normalized spacial score (nSPS) is 11.7. The summed E-state index contributed by atoms with van der Waals surface area (Å²) in [4.78, 5) is 13.4. The average molecular weight is 324 g/mol. The summed E-state index contributed by atoms with van der Waals surface area (Å²) in [5.74, 6) is -0.828. The van der Waals surface area contributed by atoms with E-state index in [1.54, 1.807) is 4.98 Å². The van der Waals surface area contributed by atoms with Crippen molar-refractivity contribution in [2.75, 3.05) is 0 Å². The highest BCUT2D eigenvalue weighted by atomic mass is 35.5. The van der Waals surface area contributed by atoms with Crippen molar-refractivity contribution in [2.45, 2.75) is 6.18 Å². The van der Waals surface area contributed by atoms with Crippen LogP contribution in [0.5, 0.6) is 5.75 Å². The maximum absolute atomic E-state index is 12.5. The zero-order valence-electron chi connectivity index (χ0n) is 9.55. The fourth-order valence-corrected chi connectivity index (χ4v) is 2.05. The third-order valence-electron chi connectivity index (χ3n) is 2.54. The predicted octanol–water partition coefficient (Wildman–Crippen LogP) is 4.07. The molecule has 0 unspecified atom stereocenters. The van der Waals surface area contributed by atoms with Gasteiger partial charge < -0.3 is 10.1 Å². The molecule has 0 atom stereocenters. The van der Waals surface area contributed by atoms with Crippen molar-refractivity contribution in [3.8, 4) is 16.9 Å². The number of benzene rings is 1. The lowest BCUT2D eigenvalue weighted by Gasteiger charge is -2.11. The molecule has 0 spiro atoms. The first-order valence-corrected chi connectivity index (χ1v) is 5.95. The Balaban J connectivity index is 2.71. The molecule has 1 aromatic heterocycles. The average Bonchev–Trinajstić information content (AvgIpc) is 2.32. The summed E-state index contributed by atoms with van der Waals surface area (Å²) in [5, 5.41) is 9.76. The van der Waals surface area contributed by atoms with Gasteiger partial charge in [-0.15, -0.1) is 0 Å². The number of alkyl halides is 3. The number of pyridine rings is 1. The lowest BCUT2D eigenvalue weighted by molar-refractivity contribution is -0.141. The van der Waals surface area contributed by atoms with Gasteiger partial charge in [0, 0.05) is 11.6 Å². The number of hydrogen-bond donors (Lipinski definition) is 2. The fourth-order valence-electron chi connectivity index (χ4n) is 1.66. The van der Waals surface area contributed by atoms with Crippen molar-refractivity contribution in [1.82, 2.24) is 4.98 Å². The monoisotopic (exact) mass is 323 g/mol. The Kier molecular flexibility index (Phi) is 3.71. The number of halogens is 5. The minimum atomic E-state index is -4.77. The standard InChI is InChI=1S/C12H6Cl2F3NO2/c13-6-3-1-2-5(10(6)14)9-7(19)4-8(12(15,16)17)18-11(9)20/h1-4H,(H2,18,19,20). The predicted molar refractivity (Wildman–Crippen MR) is 69.2 cm³/mol. The van der Waals surface area contributed by atoms with Crippen molar-refractivity contribution in [3.05, 3.63) is 50.4 Å². The van der Waals surface area contributed by atoms with Crippen LogP contribution in [0.15, 0.2) is 29.1 Å². The molecule has 0 aliphatic rings. The number of aromatic amines is 1. The van der Waals surface area contributed by atoms with Gasteiger partial charge in [-0.3, -0.25) is 4.79 Å². The van der Waals surface area contributed by atoms with Crippen molar-refractivity contribution in [1.29, 1.82) is 0 Å². The number of aromatic nitrogens is 1. The Labute approximate surface area is 120 Å². The Morgan fingerprint density at radius 1 is 1.20 bits per heavy atom. The Morgan fingerprint density at radius 3 is 2.40 bits per heavy atom. The molecule has 106 valence electrons. The fraction of sp³-hybridized carbons (Fsp3) is 0.0833. The second-order valence-electron chi connectivity index (χ2n) is 3.87. The van der Waals surface area contributed by atoms with Gasteiger partial charge in [0.2, 0.25) is 0 Å². The SMILES string of the molecule is O=c1[nH]c(C(F)(F)F)cc(O)c1-c1cccc(Cl)c1Cl. The molecule has 2 aromatic rings. The van der Waals surface area contributed by atoms with Crippen LogP contribution in [0, 0.1) is 0 Å². The molecule has 8 heteroatoms. The van der Waals surface area contributed by atoms with Gasteiger partial charge in [-0.05, 0) is 6.07 Å². The molecule has 0 radical (unpaired) electrons. The van der Waals surface area contributed by atoms with Gasteiger partial charge in [-0.2, -0.15) is 13.2 Å². The molecule has 1 heterocycles. The molecule has 0 saturated heterocycles. The van der Waals surface area contributed by atoms with Gasteiger partial charge in [-0.25, -0.2) is 0 Å². The Morgan fingerprint density at radius 2 is 1.85 bits per heavy atom. The zero-order valence-corrected chi connectivity index (χ0v) is 11.1. The number of hydrogen-bond acceptors (Lipinski definition) is 2. The second kappa shape index (κ2) is 5.03. The lowest BCUT2D eigenvalue weighted by Crippen LogP contribution is -2.17. The molecular weight excluding hydrogens is 318 g/mol. The lowest BCUT2D eigenvalue weighted by atomic mass is 10.1. The van der Waals surface area contributed by atoms with Gasteiger partial charge in [-0.1, -0.05) is 35.3 Å². The summed E-state index contributed by atoms with van der Waals surface area (Å²) in [7, 11) is 0. The van der Waals surface area contributed by atoms with Crippen LogP contribution in [0.25, 0.3) is 11.1 Å². The van der Waals surface area contributed by atoms with E-state index in [9.17, 15) is 23.1 Å². The Bertz CT molecular complexity index is 726. The minimum absolute atomic E-state index is 0.0327. The van der Waals surface area contributed by atoms with Gasteiger partial charge >= 0.3 is 6.18 Å². The molecular formula is C12H6Cl2F3NO2. The van der Waals surface area contributed by atoms with Crippen LogP contribution in [0.4, 0.5) is 13.2 Å². The maximum atomic E-state index is 12.5. The number of aromatic hydroxyl groups is 1. The topological polar surface area (TPSA) is 53.1 Å². The first-order valence-electron chi connectivity index (χ1n) is 5.19. The van der Waals surface area contributed by atoms with E-state index in [4.69, 9.17) is 23.2 Å². The molecule has 2 N–H and O–H groups in total. The first kappa shape index (κ1) is 14.7. The highest BCUT2D eigenvalue weighted by molar-refractivity contribution is 6.43. The third kappa shape index (κ3) is 2.62. The molecule has 1 aromatic carbocycles. The van der Waals surface area contributed by atoms with Crippen molar-refractivity contribution < 1.29 is 18.3 Å². The summed E-state index contributed by atoms with van der Waals surface area (Å²) < 4.78 is 37.5. The van der Waals surface area contributed by atoms with E-state index in [1.807, 2.05) is 0 Å². The number of rotatable bonds is 1. The van der Waals surface area contributed by atoms with Crippen LogP contribution in [0.3, 0.4) is 0 Å². The van der Waals surface area contributed by atoms with Crippen LogP contribution in [-0.2, 0) is 6.18 Å². The molecule has 2 rings (SSSR count). The number of nitrogens with one attached hydrogen (secondary N) is 1. The van der Waals surface area contributed by atoms with E-state index >= 15 is 0 Å². The highest BCUT2D eigenvalue weighted by Gasteiger charge is 2.33. The van der Waals surface area contributed by atoms with Gasteiger partial charge in [0.05, 0.1) is 15.6 Å². The van der Waals surface area contributed by atoms with Crippen LogP contribution in [-0.4, -0.2) is 10.1 Å². The van der Waals surface area contributed by atoms with Crippen molar-refractivity contribution >= 4 is 23.2 Å². The number of H-pyrrole nitrogens is 1. The molecule has 0 aliphatic carbocycles. The van der Waals surface area contributed by atoms with E-state index in [0.717, 1.165) is 0 Å². The molecule has 0 fully saturated rings. The van der Waals surface area contributed by atoms with Crippen LogP contribution >= 0.6 is 23.2 Å². The van der Waals surface area contributed by atoms with Crippen molar-refractivity contribution in [2.24, 2.45) is 0 Å². The highest BCUT2D eigenvalue weighted by Crippen LogP contribution is 2.37. The van der Waals surface area contributed by atoms with E-state index in [-0.39, 0.29) is 21.2 Å². The molecule has 20 heavy (non-hydrogen) atoms.